The van der Waals surface area contributed by atoms with E-state index in [-0.39, 0.29) is 17.7 Å². The quantitative estimate of drug-likeness (QED) is 0.603. The lowest BCUT2D eigenvalue weighted by molar-refractivity contribution is -0.115. The van der Waals surface area contributed by atoms with Crippen LogP contribution in [0.4, 0.5) is 5.69 Å². The highest BCUT2D eigenvalue weighted by Crippen LogP contribution is 2.23. The number of rotatable bonds is 7. The molecule has 4 N–H and O–H groups in total. The van der Waals surface area contributed by atoms with Gasteiger partial charge in [0.2, 0.25) is 11.8 Å². The second-order valence-corrected chi connectivity index (χ2v) is 7.56. The Labute approximate surface area is 159 Å². The fourth-order valence-electron chi connectivity index (χ4n) is 2.72. The van der Waals surface area contributed by atoms with Crippen molar-refractivity contribution in [1.82, 2.24) is 14.8 Å². The summed E-state index contributed by atoms with van der Waals surface area (Å²) in [5.74, 6) is -0.773. The van der Waals surface area contributed by atoms with Crippen molar-refractivity contribution in [1.29, 1.82) is 0 Å². The van der Waals surface area contributed by atoms with Crippen LogP contribution in [0.1, 0.15) is 30.1 Å². The molecule has 27 heavy (non-hydrogen) atoms. The van der Waals surface area contributed by atoms with Crippen LogP contribution in [0, 0.1) is 0 Å². The minimum absolute atomic E-state index is 0.00690. The molecule has 1 fully saturated rings. The third-order valence-electron chi connectivity index (χ3n) is 4.22. The molecule has 1 aromatic heterocycles. The zero-order chi connectivity index (χ0) is 19.4. The summed E-state index contributed by atoms with van der Waals surface area (Å²) in [5, 5.41) is 9.17. The fraction of sp³-hybridized carbons (Fsp3) is 0.412. The molecule has 0 saturated carbocycles. The van der Waals surface area contributed by atoms with Crippen molar-refractivity contribution in [2.45, 2.75) is 42.8 Å². The molecule has 3 rings (SSSR count). The highest BCUT2D eigenvalue weighted by atomic mass is 32.2. The average molecular weight is 391 g/mol. The number of amides is 2. The average Bonchev–Trinajstić information content (AvgIpc) is 3.27. The van der Waals surface area contributed by atoms with E-state index in [1.807, 2.05) is 0 Å². The Morgan fingerprint density at radius 3 is 2.81 bits per heavy atom. The summed E-state index contributed by atoms with van der Waals surface area (Å²) in [5.41, 5.74) is 5.80. The maximum atomic E-state index is 12.4. The summed E-state index contributed by atoms with van der Waals surface area (Å²) >= 11 is 1.19. The van der Waals surface area contributed by atoms with E-state index in [1.54, 1.807) is 31.2 Å². The normalized spacial score (nSPS) is 17.6. The number of aromatic amines is 1. The number of nitrogens with two attached hydrogens (primary N) is 1. The molecule has 1 aliphatic heterocycles. The van der Waals surface area contributed by atoms with Crippen LogP contribution in [0.5, 0.6) is 0 Å². The lowest BCUT2D eigenvalue weighted by Crippen LogP contribution is -2.27. The van der Waals surface area contributed by atoms with Gasteiger partial charge in [-0.15, -0.1) is 5.10 Å². The zero-order valence-electron chi connectivity index (χ0n) is 14.8. The molecule has 9 nitrogen and oxygen atoms in total. The summed E-state index contributed by atoms with van der Waals surface area (Å²) in [6.07, 6.45) is 1.87. The molecule has 0 radical (unpaired) electrons. The number of primary amides is 1. The van der Waals surface area contributed by atoms with Gasteiger partial charge in [0.15, 0.2) is 5.16 Å². The number of hydrogen-bond donors (Lipinski definition) is 3. The topological polar surface area (TPSA) is 132 Å². The number of hydrogen-bond acceptors (Lipinski definition) is 6. The van der Waals surface area contributed by atoms with Crippen LogP contribution in [0.25, 0.3) is 0 Å². The van der Waals surface area contributed by atoms with Crippen molar-refractivity contribution in [3.8, 4) is 0 Å². The summed E-state index contributed by atoms with van der Waals surface area (Å²) in [6, 6.07) is 6.31. The van der Waals surface area contributed by atoms with Gasteiger partial charge in [0.1, 0.15) is 0 Å². The summed E-state index contributed by atoms with van der Waals surface area (Å²) in [4.78, 5) is 35.5. The van der Waals surface area contributed by atoms with Crippen LogP contribution in [-0.2, 0) is 16.1 Å². The van der Waals surface area contributed by atoms with Gasteiger partial charge in [0, 0.05) is 17.9 Å². The number of benzene rings is 1. The highest BCUT2D eigenvalue weighted by molar-refractivity contribution is 8.00. The van der Waals surface area contributed by atoms with Gasteiger partial charge in [0.05, 0.1) is 17.9 Å². The number of nitrogens with zero attached hydrogens (tertiary/aromatic N) is 2. The first-order valence-corrected chi connectivity index (χ1v) is 9.46. The van der Waals surface area contributed by atoms with Gasteiger partial charge in [0.25, 0.3) is 0 Å². The standard InChI is InChI=1S/C17H21N5O4S/c1-10(15(24)19-12-6-4-11(5-7-12)14(18)23)27-17-21-20-16(25)22(17)9-13-3-2-8-26-13/h4-7,10,13H,2-3,8-9H2,1H3,(H2,18,23)(H,19,24)(H,20,25)/t10-,13-/m0/s1. The van der Waals surface area contributed by atoms with Crippen molar-refractivity contribution >= 4 is 29.3 Å². The number of anilines is 1. The molecule has 1 aliphatic rings. The molecule has 0 aliphatic carbocycles. The van der Waals surface area contributed by atoms with Crippen molar-refractivity contribution in [2.75, 3.05) is 11.9 Å². The molecule has 2 heterocycles. The third-order valence-corrected chi connectivity index (χ3v) is 5.31. The van der Waals surface area contributed by atoms with Crippen LogP contribution in [-0.4, -0.2) is 44.5 Å². The van der Waals surface area contributed by atoms with Crippen molar-refractivity contribution in [2.24, 2.45) is 5.73 Å². The smallest absolute Gasteiger partial charge is 0.344 e. The highest BCUT2D eigenvalue weighted by Gasteiger charge is 2.23. The van der Waals surface area contributed by atoms with Crippen LogP contribution in [0.15, 0.2) is 34.2 Å². The Bertz CT molecular complexity index is 870. The van der Waals surface area contributed by atoms with Crippen LogP contribution >= 0.6 is 11.8 Å². The Hall–Kier alpha value is -2.59. The molecule has 2 aromatic rings. The largest absolute Gasteiger partial charge is 0.376 e. The van der Waals surface area contributed by atoms with Crippen LogP contribution in [0.3, 0.4) is 0 Å². The van der Waals surface area contributed by atoms with Crippen molar-refractivity contribution in [3.05, 3.63) is 40.3 Å². The van der Waals surface area contributed by atoms with Gasteiger partial charge in [-0.1, -0.05) is 11.8 Å². The second kappa shape index (κ2) is 8.40. The van der Waals surface area contributed by atoms with Gasteiger partial charge in [-0.2, -0.15) is 0 Å². The second-order valence-electron chi connectivity index (χ2n) is 6.25. The molecular weight excluding hydrogens is 370 g/mol. The number of thioether (sulfide) groups is 1. The van der Waals surface area contributed by atoms with E-state index >= 15 is 0 Å². The number of nitrogens with one attached hydrogen (secondary N) is 2. The predicted molar refractivity (Wildman–Crippen MR) is 101 cm³/mol. The summed E-state index contributed by atoms with van der Waals surface area (Å²) in [6.45, 7) is 2.85. The Morgan fingerprint density at radius 2 is 2.19 bits per heavy atom. The predicted octanol–water partition coefficient (Wildman–Crippen LogP) is 0.969. The molecule has 2 amide bonds. The lowest BCUT2D eigenvalue weighted by atomic mass is 10.2. The van der Waals surface area contributed by atoms with Crippen molar-refractivity contribution < 1.29 is 14.3 Å². The lowest BCUT2D eigenvalue weighted by Gasteiger charge is -2.14. The summed E-state index contributed by atoms with van der Waals surface area (Å²) in [7, 11) is 0. The number of carbonyl (C=O) groups is 2. The van der Waals surface area contributed by atoms with E-state index in [0.29, 0.717) is 29.6 Å². The first kappa shape index (κ1) is 19.2. The van der Waals surface area contributed by atoms with E-state index in [0.717, 1.165) is 12.8 Å². The van der Waals surface area contributed by atoms with Gasteiger partial charge in [-0.25, -0.2) is 9.89 Å². The monoisotopic (exact) mass is 391 g/mol. The first-order valence-electron chi connectivity index (χ1n) is 8.58. The Balaban J connectivity index is 1.62. The van der Waals surface area contributed by atoms with Crippen LogP contribution in [0.2, 0.25) is 0 Å². The molecule has 0 unspecified atom stereocenters. The molecule has 10 heteroatoms. The molecule has 0 bridgehead atoms. The van der Waals surface area contributed by atoms with Gasteiger partial charge >= 0.3 is 5.69 Å². The number of aromatic nitrogens is 3. The maximum Gasteiger partial charge on any atom is 0.344 e. The molecule has 1 saturated heterocycles. The third kappa shape index (κ3) is 4.77. The zero-order valence-corrected chi connectivity index (χ0v) is 15.6. The minimum Gasteiger partial charge on any atom is -0.376 e. The van der Waals surface area contributed by atoms with E-state index in [1.165, 1.54) is 16.3 Å². The van der Waals surface area contributed by atoms with Gasteiger partial charge in [-0.05, 0) is 44.0 Å². The number of carbonyl (C=O) groups excluding carboxylic acids is 2. The minimum atomic E-state index is -0.528. The van der Waals surface area contributed by atoms with E-state index in [4.69, 9.17) is 10.5 Å². The summed E-state index contributed by atoms with van der Waals surface area (Å²) < 4.78 is 7.08. The Kier molecular flexibility index (Phi) is 5.97. The fourth-order valence-corrected chi connectivity index (χ4v) is 3.58. The SMILES string of the molecule is C[C@H](Sc1n[nH]c(=O)n1C[C@@H]1CCCO1)C(=O)Nc1ccc(C(N)=O)cc1. The number of ether oxygens (including phenoxy) is 1. The molecule has 1 aromatic carbocycles. The Morgan fingerprint density at radius 1 is 1.44 bits per heavy atom. The van der Waals surface area contributed by atoms with Gasteiger partial charge in [-0.3, -0.25) is 14.2 Å². The van der Waals surface area contributed by atoms with E-state index in [9.17, 15) is 14.4 Å². The van der Waals surface area contributed by atoms with E-state index in [2.05, 4.69) is 15.5 Å². The van der Waals surface area contributed by atoms with Gasteiger partial charge < -0.3 is 15.8 Å². The molecule has 0 spiro atoms. The first-order chi connectivity index (χ1) is 12.9. The maximum absolute atomic E-state index is 12.4. The van der Waals surface area contributed by atoms with E-state index < -0.39 is 11.2 Å². The molecular formula is C17H21N5O4S. The van der Waals surface area contributed by atoms with Crippen molar-refractivity contribution in [3.63, 3.8) is 0 Å². The molecule has 144 valence electrons. The molecule has 2 atom stereocenters. The van der Waals surface area contributed by atoms with Crippen LogP contribution < -0.4 is 16.7 Å². The number of H-pyrrole nitrogens is 1.